The van der Waals surface area contributed by atoms with Crippen molar-refractivity contribution in [3.63, 3.8) is 0 Å². The molecule has 2 heterocycles. The molecule has 112 valence electrons. The zero-order valence-electron chi connectivity index (χ0n) is 12.2. The molecule has 7 heteroatoms. The van der Waals surface area contributed by atoms with Gasteiger partial charge in [-0.15, -0.1) is 10.2 Å². The first kappa shape index (κ1) is 14.8. The van der Waals surface area contributed by atoms with E-state index in [4.69, 9.17) is 5.26 Å². The molecular weight excluding hydrogens is 310 g/mol. The van der Waals surface area contributed by atoms with Crippen molar-refractivity contribution in [3.05, 3.63) is 59.9 Å². The molecule has 3 rings (SSSR count). The van der Waals surface area contributed by atoms with Gasteiger partial charge in [-0.05, 0) is 30.3 Å². The number of rotatable bonds is 3. The predicted molar refractivity (Wildman–Crippen MR) is 87.0 cm³/mol. The maximum absolute atomic E-state index is 12.5. The Labute approximate surface area is 136 Å². The highest BCUT2D eigenvalue weighted by molar-refractivity contribution is 7.18. The molecule has 2 aromatic heterocycles. The monoisotopic (exact) mass is 321 g/mol. The second-order valence-electron chi connectivity index (χ2n) is 4.68. The van der Waals surface area contributed by atoms with Crippen LogP contribution < -0.4 is 4.90 Å². The molecule has 1 aromatic carbocycles. The first-order valence-electron chi connectivity index (χ1n) is 6.71. The van der Waals surface area contributed by atoms with Crippen LogP contribution in [0.1, 0.15) is 15.9 Å². The number of nitrogens with zero attached hydrogens (tertiary/aromatic N) is 5. The van der Waals surface area contributed by atoms with E-state index in [1.54, 1.807) is 43.7 Å². The molecule has 0 N–H and O–H groups in total. The number of anilines is 1. The molecule has 0 atom stereocenters. The fraction of sp³-hybridized carbons (Fsp3) is 0.0625. The minimum Gasteiger partial charge on any atom is -0.286 e. The lowest BCUT2D eigenvalue weighted by molar-refractivity contribution is 0.0993. The van der Waals surface area contributed by atoms with Crippen LogP contribution in [0, 0.1) is 11.3 Å². The van der Waals surface area contributed by atoms with Crippen molar-refractivity contribution >= 4 is 22.4 Å². The fourth-order valence-corrected chi connectivity index (χ4v) is 2.77. The van der Waals surface area contributed by atoms with Gasteiger partial charge in [0.1, 0.15) is 5.01 Å². The van der Waals surface area contributed by atoms with Crippen LogP contribution in [-0.2, 0) is 0 Å². The van der Waals surface area contributed by atoms with Gasteiger partial charge in [-0.1, -0.05) is 17.4 Å². The molecule has 0 spiro atoms. The van der Waals surface area contributed by atoms with Crippen molar-refractivity contribution in [1.29, 1.82) is 5.26 Å². The van der Waals surface area contributed by atoms with Gasteiger partial charge >= 0.3 is 0 Å². The van der Waals surface area contributed by atoms with Gasteiger partial charge in [-0.2, -0.15) is 5.26 Å². The molecule has 23 heavy (non-hydrogen) atoms. The lowest BCUT2D eigenvalue weighted by Gasteiger charge is -2.12. The summed E-state index contributed by atoms with van der Waals surface area (Å²) in [5, 5.41) is 18.3. The van der Waals surface area contributed by atoms with Crippen molar-refractivity contribution in [2.24, 2.45) is 0 Å². The molecule has 3 aromatic rings. The SMILES string of the molecule is CN(C(=O)c1cccc(C#N)c1)c1nnc(-c2ccncc2)s1. The van der Waals surface area contributed by atoms with E-state index < -0.39 is 0 Å². The fourth-order valence-electron chi connectivity index (χ4n) is 1.96. The zero-order valence-corrected chi connectivity index (χ0v) is 13.0. The van der Waals surface area contributed by atoms with Crippen molar-refractivity contribution < 1.29 is 4.79 Å². The van der Waals surface area contributed by atoms with E-state index in [9.17, 15) is 4.79 Å². The van der Waals surface area contributed by atoms with Gasteiger partial charge in [0.2, 0.25) is 5.13 Å². The number of benzene rings is 1. The summed E-state index contributed by atoms with van der Waals surface area (Å²) in [5.74, 6) is -0.237. The molecule has 0 aliphatic rings. The normalized spacial score (nSPS) is 10.1. The first-order valence-corrected chi connectivity index (χ1v) is 7.53. The van der Waals surface area contributed by atoms with Gasteiger partial charge in [-0.3, -0.25) is 14.7 Å². The van der Waals surface area contributed by atoms with Gasteiger partial charge in [0.15, 0.2) is 0 Å². The molecule has 6 nitrogen and oxygen atoms in total. The Morgan fingerprint density at radius 1 is 1.22 bits per heavy atom. The second kappa shape index (κ2) is 6.34. The summed E-state index contributed by atoms with van der Waals surface area (Å²) in [6.45, 7) is 0. The third-order valence-electron chi connectivity index (χ3n) is 3.17. The van der Waals surface area contributed by atoms with Crippen LogP contribution in [0.3, 0.4) is 0 Å². The van der Waals surface area contributed by atoms with E-state index in [1.165, 1.54) is 16.2 Å². The summed E-state index contributed by atoms with van der Waals surface area (Å²) in [6.07, 6.45) is 3.36. The lowest BCUT2D eigenvalue weighted by Crippen LogP contribution is -2.26. The first-order chi connectivity index (χ1) is 11.2. The molecule has 0 unspecified atom stereocenters. The maximum Gasteiger partial charge on any atom is 0.259 e. The minimum absolute atomic E-state index is 0.237. The Hall–Kier alpha value is -3.11. The lowest BCUT2D eigenvalue weighted by atomic mass is 10.1. The van der Waals surface area contributed by atoms with Crippen LogP contribution in [-0.4, -0.2) is 28.1 Å². The quantitative estimate of drug-likeness (QED) is 0.740. The van der Waals surface area contributed by atoms with E-state index in [0.29, 0.717) is 21.3 Å². The molecule has 0 saturated heterocycles. The van der Waals surface area contributed by atoms with Gasteiger partial charge in [-0.25, -0.2) is 0 Å². The summed E-state index contributed by atoms with van der Waals surface area (Å²) in [5.41, 5.74) is 1.78. The Balaban J connectivity index is 1.86. The number of hydrogen-bond donors (Lipinski definition) is 0. The molecule has 1 amide bonds. The van der Waals surface area contributed by atoms with Crippen molar-refractivity contribution in [2.45, 2.75) is 0 Å². The second-order valence-corrected chi connectivity index (χ2v) is 5.64. The van der Waals surface area contributed by atoms with Crippen molar-refractivity contribution in [2.75, 3.05) is 11.9 Å². The van der Waals surface area contributed by atoms with Gasteiger partial charge in [0.25, 0.3) is 5.91 Å². The van der Waals surface area contributed by atoms with Crippen LogP contribution in [0.5, 0.6) is 0 Å². The smallest absolute Gasteiger partial charge is 0.259 e. The summed E-state index contributed by atoms with van der Waals surface area (Å²) >= 11 is 1.32. The highest BCUT2D eigenvalue weighted by Gasteiger charge is 2.18. The van der Waals surface area contributed by atoms with E-state index in [1.807, 2.05) is 18.2 Å². The largest absolute Gasteiger partial charge is 0.286 e. The molecule has 0 aliphatic carbocycles. The number of carbonyl (C=O) groups is 1. The maximum atomic E-state index is 12.5. The standard InChI is InChI=1S/C16H11N5OS/c1-21(15(22)13-4-2-3-11(9-13)10-17)16-20-19-14(23-16)12-5-7-18-8-6-12/h2-9H,1H3. The average Bonchev–Trinajstić information content (AvgIpc) is 3.11. The highest BCUT2D eigenvalue weighted by atomic mass is 32.1. The summed E-state index contributed by atoms with van der Waals surface area (Å²) in [4.78, 5) is 17.9. The number of hydrogen-bond acceptors (Lipinski definition) is 6. The minimum atomic E-state index is -0.237. The number of aromatic nitrogens is 3. The molecule has 0 aliphatic heterocycles. The van der Waals surface area contributed by atoms with Crippen LogP contribution >= 0.6 is 11.3 Å². The summed E-state index contributed by atoms with van der Waals surface area (Å²) in [7, 11) is 1.64. The van der Waals surface area contributed by atoms with E-state index in [-0.39, 0.29) is 5.91 Å². The van der Waals surface area contributed by atoms with Crippen molar-refractivity contribution in [1.82, 2.24) is 15.2 Å². The van der Waals surface area contributed by atoms with E-state index in [0.717, 1.165) is 5.56 Å². The van der Waals surface area contributed by atoms with Gasteiger partial charge in [0, 0.05) is 30.6 Å². The third kappa shape index (κ3) is 3.07. The summed E-state index contributed by atoms with van der Waals surface area (Å²) in [6, 6.07) is 12.3. The molecule has 0 saturated carbocycles. The van der Waals surface area contributed by atoms with Crippen LogP contribution in [0.4, 0.5) is 5.13 Å². The van der Waals surface area contributed by atoms with Crippen LogP contribution in [0.2, 0.25) is 0 Å². The molecular formula is C16H11N5OS. The average molecular weight is 321 g/mol. The molecule has 0 fully saturated rings. The predicted octanol–water partition coefficient (Wildman–Crippen LogP) is 2.75. The van der Waals surface area contributed by atoms with E-state index >= 15 is 0 Å². The van der Waals surface area contributed by atoms with Crippen LogP contribution in [0.15, 0.2) is 48.8 Å². The third-order valence-corrected chi connectivity index (χ3v) is 4.22. The molecule has 0 radical (unpaired) electrons. The Kier molecular flexibility index (Phi) is 4.08. The number of nitriles is 1. The van der Waals surface area contributed by atoms with Gasteiger partial charge in [0.05, 0.1) is 11.6 Å². The Morgan fingerprint density at radius 2 is 2.00 bits per heavy atom. The number of pyridine rings is 1. The topological polar surface area (TPSA) is 82.8 Å². The molecule has 0 bridgehead atoms. The van der Waals surface area contributed by atoms with Crippen molar-refractivity contribution in [3.8, 4) is 16.6 Å². The highest BCUT2D eigenvalue weighted by Crippen LogP contribution is 2.28. The number of amides is 1. The Bertz CT molecular complexity index is 885. The Morgan fingerprint density at radius 3 is 2.74 bits per heavy atom. The summed E-state index contributed by atoms with van der Waals surface area (Å²) < 4.78 is 0. The number of carbonyl (C=O) groups excluding carboxylic acids is 1. The van der Waals surface area contributed by atoms with Crippen LogP contribution in [0.25, 0.3) is 10.6 Å². The van der Waals surface area contributed by atoms with E-state index in [2.05, 4.69) is 15.2 Å². The van der Waals surface area contributed by atoms with Gasteiger partial charge < -0.3 is 0 Å². The zero-order chi connectivity index (χ0) is 16.2.